The van der Waals surface area contributed by atoms with E-state index < -0.39 is 0 Å². The van der Waals surface area contributed by atoms with Gasteiger partial charge in [-0.1, -0.05) is 22.0 Å². The monoisotopic (exact) mass is 236 g/mol. The molecule has 1 heterocycles. The lowest BCUT2D eigenvalue weighted by atomic mass is 10.3. The third-order valence-corrected chi connectivity index (χ3v) is 2.38. The molecule has 3 heteroatoms. The van der Waals surface area contributed by atoms with Crippen molar-refractivity contribution < 1.29 is 0 Å². The van der Waals surface area contributed by atoms with Crippen molar-refractivity contribution in [2.75, 3.05) is 0 Å². The molecule has 0 saturated carbocycles. The Bertz CT molecular complexity index is 420. The Balaban J connectivity index is 2.53. The van der Waals surface area contributed by atoms with E-state index in [1.54, 1.807) is 6.20 Å². The Morgan fingerprint density at radius 2 is 2.15 bits per heavy atom. The standard InChI is InChI=1S/C10H9BrN2/c1-8-5-6-12-13(8)10-4-2-3-9(11)7-10/h2-7H,1H3. The summed E-state index contributed by atoms with van der Waals surface area (Å²) in [6.07, 6.45) is 1.80. The van der Waals surface area contributed by atoms with E-state index in [4.69, 9.17) is 0 Å². The minimum Gasteiger partial charge on any atom is -0.238 e. The maximum absolute atomic E-state index is 4.22. The molecule has 0 aliphatic rings. The van der Waals surface area contributed by atoms with E-state index >= 15 is 0 Å². The van der Waals surface area contributed by atoms with Crippen LogP contribution in [0.15, 0.2) is 41.0 Å². The second kappa shape index (κ2) is 3.34. The van der Waals surface area contributed by atoms with Crippen molar-refractivity contribution in [2.45, 2.75) is 6.92 Å². The van der Waals surface area contributed by atoms with E-state index in [0.29, 0.717) is 0 Å². The fourth-order valence-corrected chi connectivity index (χ4v) is 1.63. The molecule has 1 aromatic heterocycles. The van der Waals surface area contributed by atoms with Gasteiger partial charge < -0.3 is 0 Å². The Labute approximate surface area is 85.3 Å². The summed E-state index contributed by atoms with van der Waals surface area (Å²) >= 11 is 3.43. The van der Waals surface area contributed by atoms with Crippen LogP contribution in [0.25, 0.3) is 5.69 Å². The van der Waals surface area contributed by atoms with E-state index in [0.717, 1.165) is 15.9 Å². The van der Waals surface area contributed by atoms with E-state index in [1.807, 2.05) is 41.9 Å². The number of halogens is 1. The minimum atomic E-state index is 1.07. The summed E-state index contributed by atoms with van der Waals surface area (Å²) in [5, 5.41) is 4.22. The highest BCUT2D eigenvalue weighted by Gasteiger charge is 1.99. The van der Waals surface area contributed by atoms with Crippen molar-refractivity contribution in [1.82, 2.24) is 9.78 Å². The zero-order valence-electron chi connectivity index (χ0n) is 7.24. The number of nitrogens with zero attached hydrogens (tertiary/aromatic N) is 2. The van der Waals surface area contributed by atoms with Crippen LogP contribution in [0.3, 0.4) is 0 Å². The molecule has 0 atom stereocenters. The first-order valence-electron chi connectivity index (χ1n) is 4.04. The van der Waals surface area contributed by atoms with Crippen LogP contribution in [0.4, 0.5) is 0 Å². The Morgan fingerprint density at radius 1 is 1.31 bits per heavy atom. The molecule has 0 aliphatic carbocycles. The zero-order valence-corrected chi connectivity index (χ0v) is 8.82. The summed E-state index contributed by atoms with van der Waals surface area (Å²) in [5.41, 5.74) is 2.22. The van der Waals surface area contributed by atoms with Crippen LogP contribution >= 0.6 is 15.9 Å². The second-order valence-electron chi connectivity index (χ2n) is 2.86. The lowest BCUT2D eigenvalue weighted by molar-refractivity contribution is 0.846. The maximum Gasteiger partial charge on any atom is 0.0659 e. The zero-order chi connectivity index (χ0) is 9.26. The van der Waals surface area contributed by atoms with Crippen LogP contribution in [-0.4, -0.2) is 9.78 Å². The van der Waals surface area contributed by atoms with Gasteiger partial charge >= 0.3 is 0 Å². The van der Waals surface area contributed by atoms with Gasteiger partial charge in [0.2, 0.25) is 0 Å². The van der Waals surface area contributed by atoms with Crippen molar-refractivity contribution in [1.29, 1.82) is 0 Å². The highest BCUT2D eigenvalue weighted by Crippen LogP contribution is 2.15. The molecule has 0 amide bonds. The number of hydrogen-bond donors (Lipinski definition) is 0. The predicted molar refractivity (Wildman–Crippen MR) is 56.0 cm³/mol. The number of rotatable bonds is 1. The van der Waals surface area contributed by atoms with E-state index in [2.05, 4.69) is 21.0 Å². The van der Waals surface area contributed by atoms with Gasteiger partial charge in [0.15, 0.2) is 0 Å². The van der Waals surface area contributed by atoms with Crippen LogP contribution in [0.2, 0.25) is 0 Å². The first-order valence-corrected chi connectivity index (χ1v) is 4.83. The summed E-state index contributed by atoms with van der Waals surface area (Å²) in [6.45, 7) is 2.04. The van der Waals surface area contributed by atoms with Crippen molar-refractivity contribution in [3.63, 3.8) is 0 Å². The third kappa shape index (κ3) is 1.65. The molecule has 0 bridgehead atoms. The lowest BCUT2D eigenvalue weighted by Gasteiger charge is -2.03. The number of benzene rings is 1. The molecular formula is C10H9BrN2. The number of aromatic nitrogens is 2. The second-order valence-corrected chi connectivity index (χ2v) is 3.78. The first-order chi connectivity index (χ1) is 6.27. The SMILES string of the molecule is Cc1ccnn1-c1cccc(Br)c1. The topological polar surface area (TPSA) is 17.8 Å². The van der Waals surface area contributed by atoms with Gasteiger partial charge in [0.1, 0.15) is 0 Å². The molecule has 0 fully saturated rings. The Hall–Kier alpha value is -1.09. The molecule has 0 unspecified atom stereocenters. The smallest absolute Gasteiger partial charge is 0.0659 e. The molecule has 2 aromatic rings. The summed E-state index contributed by atoms with van der Waals surface area (Å²) in [4.78, 5) is 0. The molecule has 0 spiro atoms. The van der Waals surface area contributed by atoms with Gasteiger partial charge in [0.05, 0.1) is 5.69 Å². The molecule has 13 heavy (non-hydrogen) atoms. The molecule has 0 aliphatic heterocycles. The molecule has 66 valence electrons. The van der Waals surface area contributed by atoms with Crippen LogP contribution < -0.4 is 0 Å². The van der Waals surface area contributed by atoms with Crippen LogP contribution in [-0.2, 0) is 0 Å². The number of aryl methyl sites for hydroxylation is 1. The average Bonchev–Trinajstić information content (AvgIpc) is 2.51. The van der Waals surface area contributed by atoms with E-state index in [1.165, 1.54) is 0 Å². The van der Waals surface area contributed by atoms with Gasteiger partial charge in [-0.25, -0.2) is 4.68 Å². The maximum atomic E-state index is 4.22. The van der Waals surface area contributed by atoms with Crippen LogP contribution in [0.5, 0.6) is 0 Å². The van der Waals surface area contributed by atoms with Gasteiger partial charge in [-0.15, -0.1) is 0 Å². The van der Waals surface area contributed by atoms with Crippen LogP contribution in [0, 0.1) is 6.92 Å². The normalized spacial score (nSPS) is 10.3. The van der Waals surface area contributed by atoms with Gasteiger partial charge in [-0.05, 0) is 31.2 Å². The van der Waals surface area contributed by atoms with Gasteiger partial charge in [0.25, 0.3) is 0 Å². The fourth-order valence-electron chi connectivity index (χ4n) is 1.25. The molecule has 0 radical (unpaired) electrons. The van der Waals surface area contributed by atoms with Gasteiger partial charge in [0, 0.05) is 16.4 Å². The van der Waals surface area contributed by atoms with Crippen LogP contribution in [0.1, 0.15) is 5.69 Å². The molecule has 2 nitrogen and oxygen atoms in total. The highest BCUT2D eigenvalue weighted by atomic mass is 79.9. The van der Waals surface area contributed by atoms with Crippen molar-refractivity contribution in [2.24, 2.45) is 0 Å². The van der Waals surface area contributed by atoms with Crippen molar-refractivity contribution in [3.05, 3.63) is 46.7 Å². The number of hydrogen-bond acceptors (Lipinski definition) is 1. The summed E-state index contributed by atoms with van der Waals surface area (Å²) < 4.78 is 2.98. The Kier molecular flexibility index (Phi) is 2.19. The average molecular weight is 237 g/mol. The molecule has 0 N–H and O–H groups in total. The third-order valence-electron chi connectivity index (χ3n) is 1.88. The molecule has 0 saturated heterocycles. The fraction of sp³-hybridized carbons (Fsp3) is 0.100. The van der Waals surface area contributed by atoms with Crippen molar-refractivity contribution >= 4 is 15.9 Å². The predicted octanol–water partition coefficient (Wildman–Crippen LogP) is 2.94. The van der Waals surface area contributed by atoms with Gasteiger partial charge in [-0.2, -0.15) is 5.10 Å². The van der Waals surface area contributed by atoms with Gasteiger partial charge in [-0.3, -0.25) is 0 Å². The summed E-state index contributed by atoms with van der Waals surface area (Å²) in [6, 6.07) is 10.1. The molecule has 1 aromatic carbocycles. The molecular weight excluding hydrogens is 228 g/mol. The first kappa shape index (κ1) is 8.51. The van der Waals surface area contributed by atoms with Crippen molar-refractivity contribution in [3.8, 4) is 5.69 Å². The largest absolute Gasteiger partial charge is 0.238 e. The summed E-state index contributed by atoms with van der Waals surface area (Å²) in [5.74, 6) is 0. The summed E-state index contributed by atoms with van der Waals surface area (Å²) in [7, 11) is 0. The lowest BCUT2D eigenvalue weighted by Crippen LogP contribution is -1.97. The highest BCUT2D eigenvalue weighted by molar-refractivity contribution is 9.10. The van der Waals surface area contributed by atoms with E-state index in [9.17, 15) is 0 Å². The Morgan fingerprint density at radius 3 is 2.77 bits per heavy atom. The molecule has 2 rings (SSSR count). The van der Waals surface area contributed by atoms with E-state index in [-0.39, 0.29) is 0 Å². The quantitative estimate of drug-likeness (QED) is 0.745. The minimum absolute atomic E-state index is 1.07.